The van der Waals surface area contributed by atoms with E-state index in [1.165, 1.54) is 25.5 Å². The second-order valence-corrected chi connectivity index (χ2v) is 8.07. The van der Waals surface area contributed by atoms with Gasteiger partial charge in [0.1, 0.15) is 4.90 Å². The smallest absolute Gasteiger partial charge is 0.246 e. The predicted molar refractivity (Wildman–Crippen MR) is 77.2 cm³/mol. The number of hydrogen-bond donors (Lipinski definition) is 0. The van der Waals surface area contributed by atoms with Gasteiger partial charge in [-0.15, -0.1) is 11.6 Å². The molecule has 2 unspecified atom stereocenters. The summed E-state index contributed by atoms with van der Waals surface area (Å²) in [7, 11) is -3.37. The van der Waals surface area contributed by atoms with Crippen molar-refractivity contribution in [3.05, 3.63) is 12.4 Å². The topological polar surface area (TPSA) is 55.2 Å². The number of rotatable bonds is 5. The van der Waals surface area contributed by atoms with Gasteiger partial charge in [0.15, 0.2) is 0 Å². The molecule has 2 atom stereocenters. The molecule has 0 aromatic carbocycles. The van der Waals surface area contributed by atoms with Crippen molar-refractivity contribution in [3.8, 4) is 0 Å². The zero-order valence-electron chi connectivity index (χ0n) is 11.4. The number of sulfonamides is 1. The Morgan fingerprint density at radius 1 is 1.30 bits per heavy atom. The molecule has 0 amide bonds. The monoisotopic (exact) mass is 317 g/mol. The number of aromatic nitrogens is 2. The molecule has 1 aromatic rings. The minimum Gasteiger partial charge on any atom is -0.271 e. The first-order valence-corrected chi connectivity index (χ1v) is 9.17. The van der Waals surface area contributed by atoms with Crippen LogP contribution in [0.25, 0.3) is 0 Å². The third-order valence-electron chi connectivity index (χ3n) is 4.46. The summed E-state index contributed by atoms with van der Waals surface area (Å²) in [5, 5.41) is 4.12. The highest BCUT2D eigenvalue weighted by atomic mass is 35.5. The van der Waals surface area contributed by atoms with Crippen LogP contribution in [0, 0.1) is 11.8 Å². The average molecular weight is 318 g/mol. The summed E-state index contributed by atoms with van der Waals surface area (Å²) in [5.41, 5.74) is 0. The molecule has 7 heteroatoms. The van der Waals surface area contributed by atoms with Crippen molar-refractivity contribution < 1.29 is 8.42 Å². The van der Waals surface area contributed by atoms with Crippen molar-refractivity contribution in [1.29, 1.82) is 0 Å². The van der Waals surface area contributed by atoms with E-state index < -0.39 is 10.0 Å². The van der Waals surface area contributed by atoms with Crippen molar-refractivity contribution in [1.82, 2.24) is 14.1 Å². The van der Waals surface area contributed by atoms with E-state index in [2.05, 4.69) is 5.10 Å². The number of aryl methyl sites for hydroxylation is 1. The Morgan fingerprint density at radius 2 is 2.00 bits per heavy atom. The zero-order valence-corrected chi connectivity index (χ0v) is 13.0. The second-order valence-electron chi connectivity index (χ2n) is 5.75. The van der Waals surface area contributed by atoms with E-state index in [1.807, 2.05) is 0 Å². The molecule has 1 saturated carbocycles. The first-order chi connectivity index (χ1) is 9.61. The van der Waals surface area contributed by atoms with Crippen LogP contribution in [0.15, 0.2) is 17.3 Å². The Balaban J connectivity index is 1.73. The van der Waals surface area contributed by atoms with Crippen LogP contribution >= 0.6 is 11.6 Å². The first kappa shape index (κ1) is 14.4. The van der Waals surface area contributed by atoms with E-state index in [9.17, 15) is 8.42 Å². The van der Waals surface area contributed by atoms with E-state index in [0.717, 1.165) is 6.42 Å². The maximum absolute atomic E-state index is 12.6. The fourth-order valence-corrected chi connectivity index (χ4v) is 4.99. The van der Waals surface area contributed by atoms with Crippen molar-refractivity contribution >= 4 is 21.6 Å². The van der Waals surface area contributed by atoms with Gasteiger partial charge < -0.3 is 0 Å². The molecule has 0 spiro atoms. The van der Waals surface area contributed by atoms with Gasteiger partial charge in [0.05, 0.1) is 6.20 Å². The maximum Gasteiger partial charge on any atom is 0.246 e. The molecular weight excluding hydrogens is 298 g/mol. The third-order valence-corrected chi connectivity index (χ3v) is 6.51. The minimum absolute atomic E-state index is 0.312. The van der Waals surface area contributed by atoms with Crippen molar-refractivity contribution in [2.45, 2.75) is 37.1 Å². The molecule has 1 aliphatic heterocycles. The summed E-state index contributed by atoms with van der Waals surface area (Å²) in [5.74, 6) is 1.68. The van der Waals surface area contributed by atoms with Crippen LogP contribution in [0.4, 0.5) is 0 Å². The molecule has 1 saturated heterocycles. The third kappa shape index (κ3) is 2.61. The van der Waals surface area contributed by atoms with Crippen LogP contribution in [-0.4, -0.2) is 41.5 Å². The molecule has 5 nitrogen and oxygen atoms in total. The molecule has 1 aromatic heterocycles. The Bertz CT molecular complexity index is 560. The number of halogens is 1. The largest absolute Gasteiger partial charge is 0.271 e. The van der Waals surface area contributed by atoms with Gasteiger partial charge in [-0.25, -0.2) is 8.42 Å². The normalized spacial score (nSPS) is 27.1. The molecule has 20 heavy (non-hydrogen) atoms. The lowest BCUT2D eigenvalue weighted by atomic mass is 10.0. The van der Waals surface area contributed by atoms with Gasteiger partial charge in [-0.05, 0) is 31.1 Å². The highest BCUT2D eigenvalue weighted by Crippen LogP contribution is 2.39. The standard InChI is InChI=1S/C13H20ClN3O2S/c14-5-2-6-16-10-13(7-15-16)20(18,19)17-8-11-3-1-4-12(11)9-17/h7,10-12H,1-6,8-9H2. The lowest BCUT2D eigenvalue weighted by molar-refractivity contribution is 0.445. The first-order valence-electron chi connectivity index (χ1n) is 7.20. The van der Waals surface area contributed by atoms with Crippen LogP contribution in [0.1, 0.15) is 25.7 Å². The number of fused-ring (bicyclic) bond motifs is 1. The Kier molecular flexibility index (Phi) is 4.06. The van der Waals surface area contributed by atoms with E-state index in [4.69, 9.17) is 11.6 Å². The van der Waals surface area contributed by atoms with E-state index >= 15 is 0 Å². The average Bonchev–Trinajstić information content (AvgIpc) is 3.10. The Labute approximate surface area is 125 Å². The summed E-state index contributed by atoms with van der Waals surface area (Å²) in [6, 6.07) is 0. The van der Waals surface area contributed by atoms with E-state index in [1.54, 1.807) is 15.2 Å². The highest BCUT2D eigenvalue weighted by molar-refractivity contribution is 7.89. The van der Waals surface area contributed by atoms with Crippen molar-refractivity contribution in [3.63, 3.8) is 0 Å². The summed E-state index contributed by atoms with van der Waals surface area (Å²) < 4.78 is 28.5. The fourth-order valence-electron chi connectivity index (χ4n) is 3.36. The van der Waals surface area contributed by atoms with Crippen LogP contribution in [0.3, 0.4) is 0 Å². The molecular formula is C13H20ClN3O2S. The van der Waals surface area contributed by atoms with Crippen molar-refractivity contribution in [2.24, 2.45) is 11.8 Å². The van der Waals surface area contributed by atoms with Gasteiger partial charge in [-0.2, -0.15) is 9.40 Å². The quantitative estimate of drug-likeness (QED) is 0.780. The summed E-state index contributed by atoms with van der Waals surface area (Å²) >= 11 is 5.64. The lowest BCUT2D eigenvalue weighted by Gasteiger charge is -2.15. The molecule has 2 aliphatic rings. The molecule has 3 rings (SSSR count). The molecule has 1 aliphatic carbocycles. The molecule has 0 bridgehead atoms. The SMILES string of the molecule is O=S(=O)(c1cnn(CCCCl)c1)N1CC2CCCC2C1. The number of alkyl halides is 1. The van der Waals surface area contributed by atoms with Crippen LogP contribution in [0.5, 0.6) is 0 Å². The van der Waals surface area contributed by atoms with E-state index in [0.29, 0.717) is 42.2 Å². The number of nitrogens with zero attached hydrogens (tertiary/aromatic N) is 3. The molecule has 0 radical (unpaired) electrons. The fraction of sp³-hybridized carbons (Fsp3) is 0.769. The molecule has 2 fully saturated rings. The summed E-state index contributed by atoms with van der Waals surface area (Å²) in [6.07, 6.45) is 7.46. The lowest BCUT2D eigenvalue weighted by Crippen LogP contribution is -2.29. The van der Waals surface area contributed by atoms with Gasteiger partial charge in [-0.1, -0.05) is 6.42 Å². The molecule has 0 N–H and O–H groups in total. The van der Waals surface area contributed by atoms with Crippen LogP contribution in [0.2, 0.25) is 0 Å². The minimum atomic E-state index is -3.37. The Morgan fingerprint density at radius 3 is 2.65 bits per heavy atom. The maximum atomic E-state index is 12.6. The summed E-state index contributed by atoms with van der Waals surface area (Å²) in [4.78, 5) is 0.312. The predicted octanol–water partition coefficient (Wildman–Crippen LogP) is 1.93. The Hall–Kier alpha value is -0.590. The van der Waals surface area contributed by atoms with Crippen molar-refractivity contribution in [2.75, 3.05) is 19.0 Å². The molecule has 112 valence electrons. The zero-order chi connectivity index (χ0) is 14.2. The van der Waals surface area contributed by atoms with Gasteiger partial charge in [0.2, 0.25) is 10.0 Å². The van der Waals surface area contributed by atoms with Crippen LogP contribution < -0.4 is 0 Å². The summed E-state index contributed by atoms with van der Waals surface area (Å²) in [6.45, 7) is 2.02. The van der Waals surface area contributed by atoms with E-state index in [-0.39, 0.29) is 0 Å². The van der Waals surface area contributed by atoms with Gasteiger partial charge >= 0.3 is 0 Å². The van der Waals surface area contributed by atoms with Gasteiger partial charge in [0.25, 0.3) is 0 Å². The van der Waals surface area contributed by atoms with Gasteiger partial charge in [-0.3, -0.25) is 4.68 Å². The molecule has 2 heterocycles. The second kappa shape index (κ2) is 5.66. The van der Waals surface area contributed by atoms with Crippen LogP contribution in [-0.2, 0) is 16.6 Å². The highest BCUT2D eigenvalue weighted by Gasteiger charge is 2.41. The van der Waals surface area contributed by atoms with Gasteiger partial charge in [0, 0.05) is 31.7 Å². The number of hydrogen-bond acceptors (Lipinski definition) is 3.